The van der Waals surface area contributed by atoms with Crippen LogP contribution in [0.5, 0.6) is 0 Å². The number of carboxylic acids is 1. The molecule has 5 heteroatoms. The average Bonchev–Trinajstić information content (AvgIpc) is 2.49. The molecule has 1 amide bonds. The predicted octanol–water partition coefficient (Wildman–Crippen LogP) is 3.20. The number of hydrogen-bond donors (Lipinski definition) is 2. The number of amides is 1. The fourth-order valence-electron chi connectivity index (χ4n) is 2.39. The first-order valence-electron chi connectivity index (χ1n) is 8.82. The van der Waals surface area contributed by atoms with E-state index in [0.717, 1.165) is 25.7 Å². The normalized spacial score (nSPS) is 12.7. The number of carbonyl (C=O) groups is 2. The lowest BCUT2D eigenvalue weighted by Gasteiger charge is -2.19. The molecule has 134 valence electrons. The molecular weight excluding hydrogens is 292 g/mol. The molecule has 0 aromatic rings. The van der Waals surface area contributed by atoms with Gasteiger partial charge in [0.25, 0.3) is 0 Å². The summed E-state index contributed by atoms with van der Waals surface area (Å²) in [5, 5.41) is 11.9. The van der Waals surface area contributed by atoms with Crippen molar-refractivity contribution in [3.05, 3.63) is 12.2 Å². The van der Waals surface area contributed by atoms with Crippen molar-refractivity contribution in [2.24, 2.45) is 0 Å². The van der Waals surface area contributed by atoms with Crippen LogP contribution in [0.2, 0.25) is 0 Å². The molecule has 0 aromatic heterocycles. The second kappa shape index (κ2) is 14.2. The quantitative estimate of drug-likeness (QED) is 0.380. The standard InChI is InChI=1S/C18H34N2O3/c1-4-5-6-7-8-9-10-14-17(21)19-15-12-11-13-16(18(22)23)20(2)3/h10,14,16H,4-9,11-13,15H2,1-3H3,(H,19,21)(H,22,23)/b14-10+/t16-/m0/s1. The van der Waals surface area contributed by atoms with Crippen molar-refractivity contribution in [3.63, 3.8) is 0 Å². The van der Waals surface area contributed by atoms with E-state index in [1.54, 1.807) is 25.1 Å². The zero-order chi connectivity index (χ0) is 17.5. The third-order valence-corrected chi connectivity index (χ3v) is 3.86. The van der Waals surface area contributed by atoms with Crippen molar-refractivity contribution in [1.82, 2.24) is 10.2 Å². The third kappa shape index (κ3) is 12.8. The first kappa shape index (κ1) is 21.6. The van der Waals surface area contributed by atoms with Crippen molar-refractivity contribution in [1.29, 1.82) is 0 Å². The lowest BCUT2D eigenvalue weighted by Crippen LogP contribution is -2.35. The molecule has 0 rings (SSSR count). The van der Waals surface area contributed by atoms with E-state index >= 15 is 0 Å². The molecule has 0 saturated heterocycles. The summed E-state index contributed by atoms with van der Waals surface area (Å²) < 4.78 is 0. The lowest BCUT2D eigenvalue weighted by atomic mass is 10.1. The van der Waals surface area contributed by atoms with Crippen LogP contribution in [0.15, 0.2) is 12.2 Å². The summed E-state index contributed by atoms with van der Waals surface area (Å²) in [7, 11) is 3.54. The van der Waals surface area contributed by atoms with E-state index in [1.807, 2.05) is 6.08 Å². The van der Waals surface area contributed by atoms with Crippen LogP contribution in [0.1, 0.15) is 64.7 Å². The molecular formula is C18H34N2O3. The lowest BCUT2D eigenvalue weighted by molar-refractivity contribution is -0.142. The fourth-order valence-corrected chi connectivity index (χ4v) is 2.39. The van der Waals surface area contributed by atoms with E-state index in [9.17, 15) is 9.59 Å². The molecule has 0 bridgehead atoms. The van der Waals surface area contributed by atoms with E-state index < -0.39 is 12.0 Å². The molecule has 0 aromatic carbocycles. The number of carbonyl (C=O) groups excluding carboxylic acids is 1. The molecule has 23 heavy (non-hydrogen) atoms. The number of allylic oxidation sites excluding steroid dienone is 1. The molecule has 0 saturated carbocycles. The zero-order valence-corrected chi connectivity index (χ0v) is 15.0. The fraction of sp³-hybridized carbons (Fsp3) is 0.778. The first-order valence-corrected chi connectivity index (χ1v) is 8.82. The Morgan fingerprint density at radius 1 is 1.09 bits per heavy atom. The maximum Gasteiger partial charge on any atom is 0.320 e. The van der Waals surface area contributed by atoms with E-state index in [2.05, 4.69) is 12.2 Å². The highest BCUT2D eigenvalue weighted by Gasteiger charge is 2.18. The van der Waals surface area contributed by atoms with Crippen LogP contribution >= 0.6 is 0 Å². The maximum atomic E-state index is 11.6. The highest BCUT2D eigenvalue weighted by molar-refractivity contribution is 5.87. The Morgan fingerprint density at radius 3 is 2.39 bits per heavy atom. The molecule has 0 fully saturated rings. The number of hydrogen-bond acceptors (Lipinski definition) is 3. The summed E-state index contributed by atoms with van der Waals surface area (Å²) in [6.07, 6.45) is 12.9. The Bertz CT molecular complexity index is 354. The van der Waals surface area contributed by atoms with E-state index in [-0.39, 0.29) is 5.91 Å². The van der Waals surface area contributed by atoms with Gasteiger partial charge in [0, 0.05) is 6.54 Å². The van der Waals surface area contributed by atoms with Crippen LogP contribution in [-0.4, -0.2) is 48.6 Å². The summed E-state index contributed by atoms with van der Waals surface area (Å²) in [6, 6.07) is -0.446. The Hall–Kier alpha value is -1.36. The smallest absolute Gasteiger partial charge is 0.320 e. The SMILES string of the molecule is CCCCCCC/C=C/C(=O)NCCCC[C@@H](C(=O)O)N(C)C. The molecule has 0 heterocycles. The Labute approximate surface area is 141 Å². The minimum Gasteiger partial charge on any atom is -0.480 e. The van der Waals surface area contributed by atoms with Crippen LogP contribution < -0.4 is 5.32 Å². The Morgan fingerprint density at radius 2 is 1.78 bits per heavy atom. The number of nitrogens with zero attached hydrogens (tertiary/aromatic N) is 1. The highest BCUT2D eigenvalue weighted by atomic mass is 16.4. The number of rotatable bonds is 14. The third-order valence-electron chi connectivity index (χ3n) is 3.86. The summed E-state index contributed by atoms with van der Waals surface area (Å²) in [6.45, 7) is 2.80. The Kier molecular flexibility index (Phi) is 13.4. The molecule has 0 aliphatic rings. The molecule has 0 aliphatic carbocycles. The van der Waals surface area contributed by atoms with Gasteiger partial charge in [-0.25, -0.2) is 0 Å². The van der Waals surface area contributed by atoms with Gasteiger partial charge >= 0.3 is 5.97 Å². The molecule has 0 radical (unpaired) electrons. The monoisotopic (exact) mass is 326 g/mol. The van der Waals surface area contributed by atoms with Crippen LogP contribution in [-0.2, 0) is 9.59 Å². The second-order valence-electron chi connectivity index (χ2n) is 6.21. The molecule has 1 atom stereocenters. The van der Waals surface area contributed by atoms with Gasteiger partial charge in [-0.05, 0) is 52.3 Å². The highest BCUT2D eigenvalue weighted by Crippen LogP contribution is 2.06. The van der Waals surface area contributed by atoms with Gasteiger partial charge in [0.05, 0.1) is 0 Å². The van der Waals surface area contributed by atoms with Crippen LogP contribution in [0.4, 0.5) is 0 Å². The maximum absolute atomic E-state index is 11.6. The van der Waals surface area contributed by atoms with Gasteiger partial charge in [0.15, 0.2) is 0 Å². The van der Waals surface area contributed by atoms with Gasteiger partial charge in [-0.3, -0.25) is 14.5 Å². The predicted molar refractivity (Wildman–Crippen MR) is 94.5 cm³/mol. The van der Waals surface area contributed by atoms with Crippen molar-refractivity contribution >= 4 is 11.9 Å². The van der Waals surface area contributed by atoms with Gasteiger partial charge < -0.3 is 10.4 Å². The molecule has 0 aliphatic heterocycles. The molecule has 5 nitrogen and oxygen atoms in total. The second-order valence-corrected chi connectivity index (χ2v) is 6.21. The van der Waals surface area contributed by atoms with Crippen molar-refractivity contribution in [2.75, 3.05) is 20.6 Å². The number of carboxylic acid groups (broad SMARTS) is 1. The largest absolute Gasteiger partial charge is 0.480 e. The molecule has 0 spiro atoms. The number of aliphatic carboxylic acids is 1. The van der Waals surface area contributed by atoms with E-state index in [0.29, 0.717) is 13.0 Å². The number of unbranched alkanes of at least 4 members (excludes halogenated alkanes) is 6. The van der Waals surface area contributed by atoms with E-state index in [1.165, 1.54) is 25.7 Å². The number of nitrogens with one attached hydrogen (secondary N) is 1. The van der Waals surface area contributed by atoms with Gasteiger partial charge in [-0.1, -0.05) is 38.7 Å². The van der Waals surface area contributed by atoms with Crippen molar-refractivity contribution in [2.45, 2.75) is 70.8 Å². The van der Waals surface area contributed by atoms with E-state index in [4.69, 9.17) is 5.11 Å². The van der Waals surface area contributed by atoms with Gasteiger partial charge in [-0.2, -0.15) is 0 Å². The summed E-state index contributed by atoms with van der Waals surface area (Å²) in [5.41, 5.74) is 0. The first-order chi connectivity index (χ1) is 11.0. The van der Waals surface area contributed by atoms with Crippen molar-refractivity contribution in [3.8, 4) is 0 Å². The van der Waals surface area contributed by atoms with Crippen LogP contribution in [0, 0.1) is 0 Å². The summed E-state index contributed by atoms with van der Waals surface area (Å²) in [4.78, 5) is 24.3. The van der Waals surface area contributed by atoms with Crippen LogP contribution in [0.3, 0.4) is 0 Å². The minimum atomic E-state index is -0.791. The minimum absolute atomic E-state index is 0.0547. The molecule has 2 N–H and O–H groups in total. The van der Waals surface area contributed by atoms with Crippen LogP contribution in [0.25, 0.3) is 0 Å². The topological polar surface area (TPSA) is 69.6 Å². The Balaban J connectivity index is 3.61. The average molecular weight is 326 g/mol. The zero-order valence-electron chi connectivity index (χ0n) is 15.0. The van der Waals surface area contributed by atoms with Gasteiger partial charge in [0.2, 0.25) is 5.91 Å². The van der Waals surface area contributed by atoms with Gasteiger partial charge in [-0.15, -0.1) is 0 Å². The summed E-state index contributed by atoms with van der Waals surface area (Å²) >= 11 is 0. The van der Waals surface area contributed by atoms with Gasteiger partial charge in [0.1, 0.15) is 6.04 Å². The molecule has 0 unspecified atom stereocenters. The number of likely N-dealkylation sites (N-methyl/N-ethyl adjacent to an activating group) is 1. The summed E-state index contributed by atoms with van der Waals surface area (Å²) in [5.74, 6) is -0.846. The van der Waals surface area contributed by atoms with Crippen molar-refractivity contribution < 1.29 is 14.7 Å².